The molecule has 4 heteroatoms. The van der Waals surface area contributed by atoms with E-state index in [9.17, 15) is 4.79 Å². The van der Waals surface area contributed by atoms with Crippen LogP contribution >= 0.6 is 0 Å². The predicted molar refractivity (Wildman–Crippen MR) is 133 cm³/mol. The van der Waals surface area contributed by atoms with Crippen LogP contribution in [0.15, 0.2) is 84.9 Å². The molecule has 4 aromatic carbocycles. The van der Waals surface area contributed by atoms with Gasteiger partial charge in [-0.2, -0.15) is 0 Å². The molecule has 0 unspecified atom stereocenters. The van der Waals surface area contributed by atoms with E-state index in [4.69, 9.17) is 9.47 Å². The van der Waals surface area contributed by atoms with Gasteiger partial charge in [0.1, 0.15) is 11.5 Å². The van der Waals surface area contributed by atoms with Crippen LogP contribution in [0, 0.1) is 0 Å². The smallest absolute Gasteiger partial charge is 0.342 e. The van der Waals surface area contributed by atoms with Gasteiger partial charge in [0, 0.05) is 22.4 Å². The molecule has 0 fully saturated rings. The van der Waals surface area contributed by atoms with Crippen LogP contribution in [-0.2, 0) is 23.2 Å². The summed E-state index contributed by atoms with van der Waals surface area (Å²) in [7, 11) is 0. The van der Waals surface area contributed by atoms with E-state index in [0.29, 0.717) is 17.1 Å². The Hall–Kier alpha value is -4.05. The van der Waals surface area contributed by atoms with Crippen molar-refractivity contribution < 1.29 is 14.3 Å². The van der Waals surface area contributed by atoms with Crippen molar-refractivity contribution in [1.82, 2.24) is 0 Å². The SMILES string of the molecule is CCc1cccc(CC)c1Nc1cccc2c1C(=O)OC21c2ccccc2Oc2ccccc21. The summed E-state index contributed by atoms with van der Waals surface area (Å²) in [6.07, 6.45) is 1.80. The zero-order valence-electron chi connectivity index (χ0n) is 19.2. The average Bonchev–Trinajstić information content (AvgIpc) is 3.18. The van der Waals surface area contributed by atoms with Crippen LogP contribution in [0.1, 0.15) is 52.0 Å². The van der Waals surface area contributed by atoms with E-state index in [1.54, 1.807) is 0 Å². The fraction of sp³-hybridized carbons (Fsp3) is 0.167. The Kier molecular flexibility index (Phi) is 4.70. The highest BCUT2D eigenvalue weighted by Crippen LogP contribution is 2.56. The zero-order valence-corrected chi connectivity index (χ0v) is 19.2. The molecule has 0 bridgehead atoms. The molecule has 2 heterocycles. The van der Waals surface area contributed by atoms with Crippen molar-refractivity contribution in [3.8, 4) is 11.5 Å². The highest BCUT2D eigenvalue weighted by atomic mass is 16.6. The molecule has 2 aliphatic heterocycles. The topological polar surface area (TPSA) is 47.6 Å². The monoisotopic (exact) mass is 447 g/mol. The Bertz CT molecular complexity index is 1370. The molecule has 0 aliphatic carbocycles. The summed E-state index contributed by atoms with van der Waals surface area (Å²) in [5, 5.41) is 3.61. The molecule has 6 rings (SSSR count). The van der Waals surface area contributed by atoms with Gasteiger partial charge in [-0.3, -0.25) is 0 Å². The lowest BCUT2D eigenvalue weighted by Gasteiger charge is -2.36. The van der Waals surface area contributed by atoms with Gasteiger partial charge < -0.3 is 14.8 Å². The number of anilines is 2. The largest absolute Gasteiger partial charge is 0.456 e. The number of benzene rings is 4. The van der Waals surface area contributed by atoms with Crippen molar-refractivity contribution in [2.45, 2.75) is 32.3 Å². The number of esters is 1. The molecule has 2 aliphatic rings. The number of carbonyl (C=O) groups excluding carboxylic acids is 1. The summed E-state index contributed by atoms with van der Waals surface area (Å²) < 4.78 is 12.5. The number of rotatable bonds is 4. The first-order valence-corrected chi connectivity index (χ1v) is 11.8. The van der Waals surface area contributed by atoms with Crippen molar-refractivity contribution >= 4 is 17.3 Å². The molecule has 4 aromatic rings. The van der Waals surface area contributed by atoms with Crippen LogP contribution in [-0.4, -0.2) is 5.97 Å². The molecule has 0 atom stereocenters. The van der Waals surface area contributed by atoms with E-state index < -0.39 is 5.60 Å². The maximum absolute atomic E-state index is 13.6. The Morgan fingerprint density at radius 3 is 1.88 bits per heavy atom. The van der Waals surface area contributed by atoms with Gasteiger partial charge in [-0.05, 0) is 42.2 Å². The van der Waals surface area contributed by atoms with Gasteiger partial charge in [0.25, 0.3) is 0 Å². The Morgan fingerprint density at radius 2 is 1.26 bits per heavy atom. The maximum Gasteiger partial charge on any atom is 0.342 e. The van der Waals surface area contributed by atoms with Gasteiger partial charge >= 0.3 is 5.97 Å². The molecular weight excluding hydrogens is 422 g/mol. The molecule has 0 radical (unpaired) electrons. The summed E-state index contributed by atoms with van der Waals surface area (Å²) in [6.45, 7) is 4.29. The van der Waals surface area contributed by atoms with Gasteiger partial charge in [-0.25, -0.2) is 4.79 Å². The second-order valence-electron chi connectivity index (χ2n) is 8.68. The van der Waals surface area contributed by atoms with E-state index in [0.717, 1.165) is 40.9 Å². The minimum Gasteiger partial charge on any atom is -0.456 e. The number of fused-ring (bicyclic) bond motifs is 6. The van der Waals surface area contributed by atoms with Crippen molar-refractivity contribution in [2.75, 3.05) is 5.32 Å². The summed E-state index contributed by atoms with van der Waals surface area (Å²) in [4.78, 5) is 13.6. The first kappa shape index (κ1) is 20.5. The highest BCUT2D eigenvalue weighted by Gasteiger charge is 2.54. The third-order valence-electron chi connectivity index (χ3n) is 6.90. The van der Waals surface area contributed by atoms with Gasteiger partial charge in [-0.1, -0.05) is 80.6 Å². The van der Waals surface area contributed by atoms with Gasteiger partial charge in [-0.15, -0.1) is 0 Å². The highest BCUT2D eigenvalue weighted by molar-refractivity contribution is 6.03. The average molecular weight is 448 g/mol. The molecule has 0 amide bonds. The number of ether oxygens (including phenoxy) is 2. The molecule has 0 aromatic heterocycles. The summed E-state index contributed by atoms with van der Waals surface area (Å²) >= 11 is 0. The van der Waals surface area contributed by atoms with Crippen molar-refractivity contribution in [1.29, 1.82) is 0 Å². The number of hydrogen-bond acceptors (Lipinski definition) is 4. The Morgan fingerprint density at radius 1 is 0.706 bits per heavy atom. The van der Waals surface area contributed by atoms with Gasteiger partial charge in [0.2, 0.25) is 0 Å². The maximum atomic E-state index is 13.6. The fourth-order valence-electron chi connectivity index (χ4n) is 5.31. The lowest BCUT2D eigenvalue weighted by atomic mass is 9.77. The summed E-state index contributed by atoms with van der Waals surface area (Å²) in [5.74, 6) is 1.06. The second kappa shape index (κ2) is 7.77. The third kappa shape index (κ3) is 2.81. The first-order valence-electron chi connectivity index (χ1n) is 11.8. The first-order chi connectivity index (χ1) is 16.7. The summed E-state index contributed by atoms with van der Waals surface area (Å²) in [6, 6.07) is 27.9. The number of hydrogen-bond donors (Lipinski definition) is 1. The quantitative estimate of drug-likeness (QED) is 0.338. The molecular formula is C30H25NO3. The molecule has 34 heavy (non-hydrogen) atoms. The molecule has 1 spiro atoms. The van der Waals surface area contributed by atoms with Crippen molar-refractivity contribution in [3.05, 3.63) is 118 Å². The summed E-state index contributed by atoms with van der Waals surface area (Å²) in [5.41, 5.74) is 6.30. The van der Waals surface area contributed by atoms with E-state index in [2.05, 4.69) is 37.4 Å². The van der Waals surface area contributed by atoms with E-state index in [1.165, 1.54) is 11.1 Å². The van der Waals surface area contributed by atoms with Crippen molar-refractivity contribution in [2.24, 2.45) is 0 Å². The predicted octanol–water partition coefficient (Wildman–Crippen LogP) is 7.12. The minimum absolute atomic E-state index is 0.336. The van der Waals surface area contributed by atoms with Crippen molar-refractivity contribution in [3.63, 3.8) is 0 Å². The number of para-hydroxylation sites is 3. The standard InChI is InChI=1S/C30H25NO3/c1-3-19-11-9-12-20(4-2)28(19)31-24-16-10-15-23-27(24)29(32)34-30(23)21-13-5-7-17-25(21)33-26-18-8-6-14-22(26)30/h5-18,31H,3-4H2,1-2H3. The lowest BCUT2D eigenvalue weighted by Crippen LogP contribution is -2.32. The van der Waals surface area contributed by atoms with Crippen LogP contribution in [0.5, 0.6) is 11.5 Å². The molecule has 4 nitrogen and oxygen atoms in total. The van der Waals surface area contributed by atoms with Gasteiger partial charge in [0.05, 0.1) is 11.3 Å². The van der Waals surface area contributed by atoms with E-state index >= 15 is 0 Å². The van der Waals surface area contributed by atoms with Crippen LogP contribution in [0.2, 0.25) is 0 Å². The van der Waals surface area contributed by atoms with Crippen LogP contribution in [0.25, 0.3) is 0 Å². The Labute approximate surface area is 199 Å². The molecule has 1 N–H and O–H groups in total. The zero-order chi connectivity index (χ0) is 23.3. The molecule has 0 saturated heterocycles. The number of aryl methyl sites for hydroxylation is 2. The molecule has 0 saturated carbocycles. The van der Waals surface area contributed by atoms with Crippen LogP contribution in [0.4, 0.5) is 11.4 Å². The molecule has 168 valence electrons. The second-order valence-corrected chi connectivity index (χ2v) is 8.68. The van der Waals surface area contributed by atoms with Gasteiger partial charge in [0.15, 0.2) is 5.60 Å². The van der Waals surface area contributed by atoms with Crippen LogP contribution < -0.4 is 10.1 Å². The van der Waals surface area contributed by atoms with E-state index in [1.807, 2.05) is 66.7 Å². The lowest BCUT2D eigenvalue weighted by molar-refractivity contribution is 0.0225. The number of carbonyl (C=O) groups is 1. The Balaban J connectivity index is 1.58. The fourth-order valence-corrected chi connectivity index (χ4v) is 5.31. The number of nitrogens with one attached hydrogen (secondary N) is 1. The van der Waals surface area contributed by atoms with E-state index in [-0.39, 0.29) is 5.97 Å². The normalized spacial score (nSPS) is 14.6. The minimum atomic E-state index is -1.05. The van der Waals surface area contributed by atoms with Crippen LogP contribution in [0.3, 0.4) is 0 Å². The third-order valence-corrected chi connectivity index (χ3v) is 6.90.